The Hall–Kier alpha value is -0.610. The second kappa shape index (κ2) is 17.7. The van der Waals surface area contributed by atoms with Crippen LogP contribution in [-0.2, 0) is 27.8 Å². The lowest BCUT2D eigenvalue weighted by Crippen LogP contribution is -2.23. The summed E-state index contributed by atoms with van der Waals surface area (Å²) in [7, 11) is -2.86. The summed E-state index contributed by atoms with van der Waals surface area (Å²) in [5, 5.41) is 1.94. The van der Waals surface area contributed by atoms with Crippen LogP contribution in [0.15, 0.2) is 0 Å². The Labute approximate surface area is 136 Å². The van der Waals surface area contributed by atoms with E-state index in [-0.39, 0.29) is 26.4 Å². The summed E-state index contributed by atoms with van der Waals surface area (Å²) < 4.78 is 46.6. The number of phosphoric ester groups is 1. The molecule has 1 atom stereocenters. The summed E-state index contributed by atoms with van der Waals surface area (Å²) in [4.78, 5) is 18.8. The van der Waals surface area contributed by atoms with Crippen molar-refractivity contribution >= 4 is 14.0 Å². The number of phosphoric acid groups is 1. The minimum Gasteiger partial charge on any atom is -0.377 e. The average molecular weight is 363 g/mol. The van der Waals surface area contributed by atoms with E-state index in [1.165, 1.54) is 0 Å². The van der Waals surface area contributed by atoms with Crippen molar-refractivity contribution in [3.63, 3.8) is 0 Å². The molecule has 0 fully saturated rings. The van der Waals surface area contributed by atoms with Gasteiger partial charge in [0.25, 0.3) is 0 Å². The SMILES string of the molecule is CC.COP(=O)(O)OCCOCCOCCOCCNC(=O)F. The lowest BCUT2D eigenvalue weighted by Gasteiger charge is -2.09. The van der Waals surface area contributed by atoms with Crippen LogP contribution >= 0.6 is 7.82 Å². The Morgan fingerprint density at radius 3 is 1.87 bits per heavy atom. The van der Waals surface area contributed by atoms with Crippen molar-refractivity contribution in [3.8, 4) is 0 Å². The number of carbonyl (C=O) groups is 1. The summed E-state index contributed by atoms with van der Waals surface area (Å²) in [6.07, 6.45) is -1.58. The third kappa shape index (κ3) is 21.4. The van der Waals surface area contributed by atoms with Gasteiger partial charge in [0.2, 0.25) is 0 Å². The number of ether oxygens (including phenoxy) is 3. The van der Waals surface area contributed by atoms with E-state index in [0.29, 0.717) is 26.4 Å². The van der Waals surface area contributed by atoms with E-state index in [2.05, 4.69) is 9.05 Å². The molecule has 0 saturated heterocycles. The Bertz CT molecular complexity index is 321. The third-order valence-electron chi connectivity index (χ3n) is 1.97. The fourth-order valence-electron chi connectivity index (χ4n) is 1.03. The smallest absolute Gasteiger partial charge is 0.377 e. The number of rotatable bonds is 14. The molecule has 0 saturated carbocycles. The van der Waals surface area contributed by atoms with Crippen molar-refractivity contribution < 1.29 is 41.9 Å². The highest BCUT2D eigenvalue weighted by atomic mass is 31.2. The van der Waals surface area contributed by atoms with Gasteiger partial charge >= 0.3 is 14.0 Å². The predicted octanol–water partition coefficient (Wildman–Crippen LogP) is 1.50. The van der Waals surface area contributed by atoms with Crippen LogP contribution < -0.4 is 5.32 Å². The number of halogens is 1. The maximum Gasteiger partial charge on any atom is 0.471 e. The first-order chi connectivity index (χ1) is 11.0. The van der Waals surface area contributed by atoms with Gasteiger partial charge in [0, 0.05) is 13.7 Å². The molecule has 0 rings (SSSR count). The summed E-state index contributed by atoms with van der Waals surface area (Å²) in [6, 6.07) is 0. The number of amides is 1. The third-order valence-corrected chi connectivity index (χ3v) is 2.94. The van der Waals surface area contributed by atoms with E-state index in [9.17, 15) is 13.8 Å². The van der Waals surface area contributed by atoms with Gasteiger partial charge < -0.3 is 24.4 Å². The van der Waals surface area contributed by atoms with E-state index in [1.54, 1.807) is 0 Å². The topological polar surface area (TPSA) is 113 Å². The van der Waals surface area contributed by atoms with Crippen molar-refractivity contribution in [1.82, 2.24) is 5.32 Å². The number of hydrogen-bond acceptors (Lipinski definition) is 7. The minimum absolute atomic E-state index is 0.0645. The van der Waals surface area contributed by atoms with Crippen LogP contribution in [-0.4, -0.2) is 71.0 Å². The fraction of sp³-hybridized carbons (Fsp3) is 0.917. The van der Waals surface area contributed by atoms with E-state index in [4.69, 9.17) is 19.1 Å². The first-order valence-corrected chi connectivity index (χ1v) is 8.67. The zero-order valence-corrected chi connectivity index (χ0v) is 14.7. The average Bonchev–Trinajstić information content (AvgIpc) is 2.53. The molecule has 0 aliphatic carbocycles. The predicted molar refractivity (Wildman–Crippen MR) is 81.1 cm³/mol. The number of hydrogen-bond donors (Lipinski definition) is 2. The first-order valence-electron chi connectivity index (χ1n) is 7.17. The van der Waals surface area contributed by atoms with E-state index in [0.717, 1.165) is 7.11 Å². The Kier molecular flexibility index (Phi) is 19.0. The fourth-order valence-corrected chi connectivity index (χ4v) is 1.44. The van der Waals surface area contributed by atoms with E-state index < -0.39 is 14.0 Å². The van der Waals surface area contributed by atoms with Crippen molar-refractivity contribution in [3.05, 3.63) is 0 Å². The molecule has 0 spiro atoms. The minimum atomic E-state index is -3.94. The highest BCUT2D eigenvalue weighted by molar-refractivity contribution is 7.47. The normalized spacial score (nSPS) is 12.9. The molecule has 0 aliphatic rings. The molecule has 0 bridgehead atoms. The molecule has 1 amide bonds. The summed E-state index contributed by atoms with van der Waals surface area (Å²) >= 11 is 0. The van der Waals surface area contributed by atoms with Gasteiger partial charge in [-0.25, -0.2) is 9.36 Å². The Morgan fingerprint density at radius 1 is 1.00 bits per heavy atom. The first kappa shape index (κ1) is 24.6. The van der Waals surface area contributed by atoms with Crippen LogP contribution in [0, 0.1) is 0 Å². The van der Waals surface area contributed by atoms with Gasteiger partial charge in [-0.05, 0) is 0 Å². The van der Waals surface area contributed by atoms with Crippen molar-refractivity contribution in [1.29, 1.82) is 0 Å². The van der Waals surface area contributed by atoms with Gasteiger partial charge in [-0.2, -0.15) is 0 Å². The van der Waals surface area contributed by atoms with E-state index >= 15 is 0 Å². The molecule has 11 heteroatoms. The highest BCUT2D eigenvalue weighted by Crippen LogP contribution is 2.41. The van der Waals surface area contributed by atoms with Gasteiger partial charge in [0.1, 0.15) is 0 Å². The highest BCUT2D eigenvalue weighted by Gasteiger charge is 2.17. The maximum absolute atomic E-state index is 11.7. The zero-order valence-electron chi connectivity index (χ0n) is 13.8. The molecule has 0 aromatic heterocycles. The molecular weight excluding hydrogens is 336 g/mol. The van der Waals surface area contributed by atoms with Crippen LogP contribution in [0.5, 0.6) is 0 Å². The Morgan fingerprint density at radius 2 is 1.43 bits per heavy atom. The van der Waals surface area contributed by atoms with Crippen molar-refractivity contribution in [2.45, 2.75) is 13.8 Å². The monoisotopic (exact) mass is 363 g/mol. The summed E-state index contributed by atoms with van der Waals surface area (Å²) in [5.41, 5.74) is 0. The largest absolute Gasteiger partial charge is 0.471 e. The molecule has 0 heterocycles. The lowest BCUT2D eigenvalue weighted by molar-refractivity contribution is 0.00776. The molecule has 23 heavy (non-hydrogen) atoms. The molecular formula is C12H27FNO8P. The lowest BCUT2D eigenvalue weighted by atomic mass is 10.6. The maximum atomic E-state index is 11.7. The van der Waals surface area contributed by atoms with Crippen molar-refractivity contribution in [2.75, 3.05) is 59.9 Å². The van der Waals surface area contributed by atoms with Gasteiger partial charge in [-0.1, -0.05) is 13.8 Å². The number of carbonyl (C=O) groups excluding carboxylic acids is 1. The molecule has 140 valence electrons. The second-order valence-electron chi connectivity index (χ2n) is 3.52. The molecule has 1 unspecified atom stereocenters. The van der Waals surface area contributed by atoms with Gasteiger partial charge in [-0.3, -0.25) is 9.05 Å². The summed E-state index contributed by atoms with van der Waals surface area (Å²) in [5.74, 6) is 0. The van der Waals surface area contributed by atoms with Crippen LogP contribution in [0.1, 0.15) is 13.8 Å². The molecule has 0 aromatic rings. The van der Waals surface area contributed by atoms with Gasteiger partial charge in [0.15, 0.2) is 0 Å². The standard InChI is InChI=1S/C10H21FNO8P.C2H6/c1-16-21(14,15)20-9-8-19-7-6-18-5-4-17-3-2-12-10(11)13;1-2/h2-9H2,1H3,(H,12,13)(H,14,15);1-2H3. The molecule has 0 aliphatic heterocycles. The molecule has 2 N–H and O–H groups in total. The number of nitrogens with one attached hydrogen (secondary N) is 1. The molecule has 0 aromatic carbocycles. The molecule has 9 nitrogen and oxygen atoms in total. The van der Waals surface area contributed by atoms with Crippen LogP contribution in [0.3, 0.4) is 0 Å². The Balaban J connectivity index is 0. The van der Waals surface area contributed by atoms with Gasteiger partial charge in [0.05, 0.1) is 46.2 Å². The van der Waals surface area contributed by atoms with Crippen LogP contribution in [0.25, 0.3) is 0 Å². The quantitative estimate of drug-likeness (QED) is 0.207. The van der Waals surface area contributed by atoms with Crippen LogP contribution in [0.4, 0.5) is 9.18 Å². The zero-order chi connectivity index (χ0) is 18.0. The van der Waals surface area contributed by atoms with Crippen molar-refractivity contribution in [2.24, 2.45) is 0 Å². The molecule has 0 radical (unpaired) electrons. The second-order valence-corrected chi connectivity index (χ2v) is 5.08. The van der Waals surface area contributed by atoms with Gasteiger partial charge in [-0.15, -0.1) is 4.39 Å². The van der Waals surface area contributed by atoms with Crippen LogP contribution in [0.2, 0.25) is 0 Å². The summed E-state index contributed by atoms with van der Waals surface area (Å²) in [6.45, 7) is 5.64. The van der Waals surface area contributed by atoms with E-state index in [1.807, 2.05) is 19.2 Å².